The van der Waals surface area contributed by atoms with Crippen molar-refractivity contribution in [2.24, 2.45) is 0 Å². The lowest BCUT2D eigenvalue weighted by Gasteiger charge is -2.09. The minimum Gasteiger partial charge on any atom is -0.378 e. The summed E-state index contributed by atoms with van der Waals surface area (Å²) in [5, 5.41) is 3.19. The second kappa shape index (κ2) is 7.31. The second-order valence-electron chi connectivity index (χ2n) is 5.53. The lowest BCUT2D eigenvalue weighted by atomic mass is 10.2. The molecule has 1 aromatic carbocycles. The molecule has 2 N–H and O–H groups in total. The van der Waals surface area contributed by atoms with E-state index in [0.29, 0.717) is 6.54 Å². The molecule has 0 aliphatic carbocycles. The molecular weight excluding hydrogens is 336 g/mol. The normalized spacial score (nSPS) is 11.1. The van der Waals surface area contributed by atoms with Crippen LogP contribution >= 0.6 is 0 Å². The van der Waals surface area contributed by atoms with Crippen LogP contribution in [0.3, 0.4) is 0 Å². The van der Waals surface area contributed by atoms with Crippen LogP contribution in [0.15, 0.2) is 71.9 Å². The Balaban J connectivity index is 1.65. The van der Waals surface area contributed by atoms with Crippen molar-refractivity contribution >= 4 is 21.5 Å². The number of benzene rings is 1. The number of hydrogen-bond acceptors (Lipinski definition) is 5. The number of aryl methyl sites for hydroxylation is 1. The molecule has 0 aliphatic heterocycles. The highest BCUT2D eigenvalue weighted by molar-refractivity contribution is 7.92. The predicted octanol–water partition coefficient (Wildman–Crippen LogP) is 3.20. The van der Waals surface area contributed by atoms with Gasteiger partial charge in [-0.1, -0.05) is 23.8 Å². The second-order valence-corrected chi connectivity index (χ2v) is 7.21. The smallest absolute Gasteiger partial charge is 0.263 e. The van der Waals surface area contributed by atoms with Gasteiger partial charge in [-0.05, 0) is 43.3 Å². The maximum Gasteiger partial charge on any atom is 0.263 e. The molecule has 0 saturated heterocycles. The van der Waals surface area contributed by atoms with E-state index in [4.69, 9.17) is 0 Å². The van der Waals surface area contributed by atoms with E-state index in [1.54, 1.807) is 48.8 Å². The molecule has 25 heavy (non-hydrogen) atoms. The van der Waals surface area contributed by atoms with Crippen LogP contribution in [0.25, 0.3) is 0 Å². The van der Waals surface area contributed by atoms with Gasteiger partial charge in [-0.3, -0.25) is 9.71 Å². The third-order valence-corrected chi connectivity index (χ3v) is 4.90. The summed E-state index contributed by atoms with van der Waals surface area (Å²) in [6.07, 6.45) is 3.31. The van der Waals surface area contributed by atoms with Crippen molar-refractivity contribution in [2.75, 3.05) is 10.0 Å². The molecule has 0 fully saturated rings. The van der Waals surface area contributed by atoms with E-state index in [0.717, 1.165) is 16.9 Å². The van der Waals surface area contributed by atoms with Crippen LogP contribution in [0, 0.1) is 6.92 Å². The zero-order valence-corrected chi connectivity index (χ0v) is 14.5. The number of aromatic nitrogens is 2. The number of pyridine rings is 2. The van der Waals surface area contributed by atoms with E-state index in [1.807, 2.05) is 25.1 Å². The maximum absolute atomic E-state index is 12.3. The third kappa shape index (κ3) is 4.54. The highest BCUT2D eigenvalue weighted by atomic mass is 32.2. The van der Waals surface area contributed by atoms with Crippen molar-refractivity contribution in [1.29, 1.82) is 0 Å². The molecule has 3 aromatic rings. The molecule has 2 aromatic heterocycles. The van der Waals surface area contributed by atoms with Crippen LogP contribution in [0.2, 0.25) is 0 Å². The van der Waals surface area contributed by atoms with E-state index in [-0.39, 0.29) is 10.7 Å². The average molecular weight is 354 g/mol. The van der Waals surface area contributed by atoms with Crippen LogP contribution in [-0.4, -0.2) is 18.4 Å². The Morgan fingerprint density at radius 3 is 2.40 bits per heavy atom. The minimum absolute atomic E-state index is 0.206. The first-order valence-electron chi connectivity index (χ1n) is 7.72. The van der Waals surface area contributed by atoms with E-state index in [9.17, 15) is 8.42 Å². The van der Waals surface area contributed by atoms with Gasteiger partial charge >= 0.3 is 0 Å². The third-order valence-electron chi connectivity index (χ3n) is 3.53. The van der Waals surface area contributed by atoms with E-state index in [2.05, 4.69) is 20.0 Å². The van der Waals surface area contributed by atoms with Crippen molar-refractivity contribution in [3.05, 3.63) is 78.2 Å². The topological polar surface area (TPSA) is 84.0 Å². The summed E-state index contributed by atoms with van der Waals surface area (Å²) in [5.41, 5.74) is 2.69. The fourth-order valence-corrected chi connectivity index (χ4v) is 3.18. The first-order valence-corrected chi connectivity index (χ1v) is 9.20. The molecule has 0 bridgehead atoms. The number of rotatable bonds is 6. The lowest BCUT2D eigenvalue weighted by molar-refractivity contribution is 0.601. The van der Waals surface area contributed by atoms with Gasteiger partial charge in [-0.2, -0.15) is 0 Å². The minimum atomic E-state index is -3.64. The van der Waals surface area contributed by atoms with Crippen LogP contribution < -0.4 is 10.0 Å². The number of nitrogens with one attached hydrogen (secondary N) is 2. The monoisotopic (exact) mass is 354 g/mol. The van der Waals surface area contributed by atoms with Gasteiger partial charge in [0.25, 0.3) is 10.0 Å². The van der Waals surface area contributed by atoms with E-state index >= 15 is 0 Å². The number of hydrogen-bond donors (Lipinski definition) is 2. The molecule has 0 amide bonds. The zero-order valence-electron chi connectivity index (χ0n) is 13.7. The van der Waals surface area contributed by atoms with Gasteiger partial charge in [0.05, 0.1) is 29.0 Å². The van der Waals surface area contributed by atoms with Gasteiger partial charge in [-0.25, -0.2) is 13.4 Å². The largest absolute Gasteiger partial charge is 0.378 e. The molecule has 0 aliphatic rings. The number of sulfonamides is 1. The summed E-state index contributed by atoms with van der Waals surface area (Å²) in [5.74, 6) is 0.268. The Kier molecular flexibility index (Phi) is 4.95. The highest BCUT2D eigenvalue weighted by Gasteiger charge is 2.14. The van der Waals surface area contributed by atoms with Crippen molar-refractivity contribution in [3.8, 4) is 0 Å². The van der Waals surface area contributed by atoms with Gasteiger partial charge in [0.15, 0.2) is 0 Å². The standard InChI is InChI=1S/C18H18N4O2S/c1-14-5-8-17(9-6-14)25(23,24)22-18-10-7-16(13-21-18)20-12-15-4-2-3-11-19-15/h2-11,13,20H,12H2,1H3,(H,21,22). The molecule has 0 unspecified atom stereocenters. The van der Waals surface area contributed by atoms with Crippen LogP contribution in [0.1, 0.15) is 11.3 Å². The van der Waals surface area contributed by atoms with Gasteiger partial charge in [0, 0.05) is 6.20 Å². The summed E-state index contributed by atoms with van der Waals surface area (Å²) in [4.78, 5) is 8.58. The Hall–Kier alpha value is -2.93. The summed E-state index contributed by atoms with van der Waals surface area (Å²) < 4.78 is 27.1. The van der Waals surface area contributed by atoms with Gasteiger partial charge in [-0.15, -0.1) is 0 Å². The molecule has 0 atom stereocenters. The molecule has 128 valence electrons. The summed E-state index contributed by atoms with van der Waals surface area (Å²) in [7, 11) is -3.64. The Labute approximate surface area is 147 Å². The molecule has 7 heteroatoms. The first-order chi connectivity index (χ1) is 12.0. The lowest BCUT2D eigenvalue weighted by Crippen LogP contribution is -2.14. The van der Waals surface area contributed by atoms with Gasteiger partial charge in [0.1, 0.15) is 5.82 Å². The number of anilines is 2. The molecule has 0 radical (unpaired) electrons. The molecule has 0 saturated carbocycles. The van der Waals surface area contributed by atoms with Gasteiger partial charge < -0.3 is 5.32 Å². The highest BCUT2D eigenvalue weighted by Crippen LogP contribution is 2.16. The van der Waals surface area contributed by atoms with E-state index < -0.39 is 10.0 Å². The molecule has 0 spiro atoms. The number of nitrogens with zero attached hydrogens (tertiary/aromatic N) is 2. The summed E-state index contributed by atoms with van der Waals surface area (Å²) in [6, 6.07) is 15.7. The molecular formula is C18H18N4O2S. The van der Waals surface area contributed by atoms with Crippen molar-refractivity contribution in [1.82, 2.24) is 9.97 Å². The van der Waals surface area contributed by atoms with E-state index in [1.165, 1.54) is 0 Å². The summed E-state index contributed by atoms with van der Waals surface area (Å²) in [6.45, 7) is 2.47. The quantitative estimate of drug-likeness (QED) is 0.710. The van der Waals surface area contributed by atoms with Gasteiger partial charge in [0.2, 0.25) is 0 Å². The predicted molar refractivity (Wildman–Crippen MR) is 97.8 cm³/mol. The van der Waals surface area contributed by atoms with Crippen molar-refractivity contribution < 1.29 is 8.42 Å². The zero-order chi connectivity index (χ0) is 17.7. The van der Waals surface area contributed by atoms with Crippen LogP contribution in [0.4, 0.5) is 11.5 Å². The van der Waals surface area contributed by atoms with Crippen molar-refractivity contribution in [3.63, 3.8) is 0 Å². The Bertz CT molecular complexity index is 925. The molecule has 3 rings (SSSR count). The van der Waals surface area contributed by atoms with Crippen LogP contribution in [0.5, 0.6) is 0 Å². The SMILES string of the molecule is Cc1ccc(S(=O)(=O)Nc2ccc(NCc3ccccn3)cn2)cc1. The fourth-order valence-electron chi connectivity index (χ4n) is 2.17. The maximum atomic E-state index is 12.3. The summed E-state index contributed by atoms with van der Waals surface area (Å²) >= 11 is 0. The first kappa shape index (κ1) is 16.9. The van der Waals surface area contributed by atoms with Crippen molar-refractivity contribution in [2.45, 2.75) is 18.4 Å². The average Bonchev–Trinajstić information content (AvgIpc) is 2.62. The molecule has 2 heterocycles. The molecule has 6 nitrogen and oxygen atoms in total. The fraction of sp³-hybridized carbons (Fsp3) is 0.111. The Morgan fingerprint density at radius 1 is 0.960 bits per heavy atom. The Morgan fingerprint density at radius 2 is 1.76 bits per heavy atom. The van der Waals surface area contributed by atoms with Crippen LogP contribution in [-0.2, 0) is 16.6 Å².